The maximum absolute atomic E-state index is 9.54. The second-order valence-electron chi connectivity index (χ2n) is 5.64. The number of hydrogen-bond acceptors (Lipinski definition) is 2. The van der Waals surface area contributed by atoms with Crippen LogP contribution >= 0.6 is 0 Å². The number of aryl methyl sites for hydroxylation is 1. The summed E-state index contributed by atoms with van der Waals surface area (Å²) in [6.45, 7) is 0. The van der Waals surface area contributed by atoms with E-state index in [0.717, 1.165) is 24.0 Å². The molecule has 0 amide bonds. The highest BCUT2D eigenvalue weighted by Crippen LogP contribution is 2.33. The van der Waals surface area contributed by atoms with Crippen molar-refractivity contribution in [2.24, 2.45) is 0 Å². The van der Waals surface area contributed by atoms with E-state index in [9.17, 15) is 5.26 Å². The zero-order valence-corrected chi connectivity index (χ0v) is 12.2. The number of H-pyrrole nitrogens is 1. The summed E-state index contributed by atoms with van der Waals surface area (Å²) in [5.41, 5.74) is 11.3. The smallest absolute Gasteiger partial charge is 0.286 e. The quantitative estimate of drug-likeness (QED) is 0.870. The lowest BCUT2D eigenvalue weighted by Crippen LogP contribution is -2.23. The Hall–Kier alpha value is -2.34. The highest BCUT2D eigenvalue weighted by atomic mass is 14.9. The standard InChI is InChI=1S/C18H19N3/c19-12-15-17(13-8-4-3-5-9-13)14-10-6-1-2-7-11-16(14)21-18(15)20/h3-5,8-9H,1-2,6-7,10-11H2,(H2,20,21)/p+1. The first kappa shape index (κ1) is 13.6. The number of benzene rings is 1. The van der Waals surface area contributed by atoms with E-state index in [4.69, 9.17) is 5.73 Å². The summed E-state index contributed by atoms with van der Waals surface area (Å²) in [5.74, 6) is 0.496. The molecular weight excluding hydrogens is 258 g/mol. The SMILES string of the molecule is N#Cc1c(N)[nH+]c2c(c1-c1ccccc1)CCCCCC2. The van der Waals surface area contributed by atoms with Crippen LogP contribution < -0.4 is 10.7 Å². The van der Waals surface area contributed by atoms with Gasteiger partial charge in [0.25, 0.3) is 5.82 Å². The van der Waals surface area contributed by atoms with Gasteiger partial charge in [-0.25, -0.2) is 4.98 Å². The van der Waals surface area contributed by atoms with Crippen molar-refractivity contribution in [1.82, 2.24) is 0 Å². The Morgan fingerprint density at radius 2 is 1.71 bits per heavy atom. The first-order chi connectivity index (χ1) is 10.3. The molecule has 2 aromatic rings. The fourth-order valence-corrected chi connectivity index (χ4v) is 3.22. The Labute approximate surface area is 125 Å². The number of anilines is 1. The minimum atomic E-state index is 0.496. The number of pyridine rings is 1. The zero-order valence-electron chi connectivity index (χ0n) is 12.2. The van der Waals surface area contributed by atoms with Gasteiger partial charge >= 0.3 is 0 Å². The van der Waals surface area contributed by atoms with Crippen molar-refractivity contribution in [3.05, 3.63) is 47.2 Å². The number of nitrogens with two attached hydrogens (primary N) is 1. The van der Waals surface area contributed by atoms with Gasteiger partial charge in [-0.2, -0.15) is 5.26 Å². The van der Waals surface area contributed by atoms with Crippen LogP contribution in [0.3, 0.4) is 0 Å². The van der Waals surface area contributed by atoms with E-state index in [-0.39, 0.29) is 0 Å². The minimum absolute atomic E-state index is 0.496. The van der Waals surface area contributed by atoms with E-state index in [1.54, 1.807) is 0 Å². The first-order valence-corrected chi connectivity index (χ1v) is 7.63. The van der Waals surface area contributed by atoms with Crippen LogP contribution in [0.4, 0.5) is 5.82 Å². The van der Waals surface area contributed by atoms with Crippen molar-refractivity contribution < 1.29 is 4.98 Å². The van der Waals surface area contributed by atoms with Crippen molar-refractivity contribution >= 4 is 5.82 Å². The lowest BCUT2D eigenvalue weighted by molar-refractivity contribution is -0.374. The average Bonchev–Trinajstić information content (AvgIpc) is 2.49. The molecule has 0 aliphatic heterocycles. The number of aromatic amines is 1. The molecule has 21 heavy (non-hydrogen) atoms. The molecule has 0 radical (unpaired) electrons. The van der Waals surface area contributed by atoms with Gasteiger partial charge in [0.05, 0.1) is 0 Å². The van der Waals surface area contributed by atoms with Crippen LogP contribution in [-0.4, -0.2) is 0 Å². The lowest BCUT2D eigenvalue weighted by Gasteiger charge is -2.17. The molecule has 0 bridgehead atoms. The van der Waals surface area contributed by atoms with E-state index < -0.39 is 0 Å². The summed E-state index contributed by atoms with van der Waals surface area (Å²) in [6, 6.07) is 12.4. The normalized spacial score (nSPS) is 14.6. The third-order valence-corrected chi connectivity index (χ3v) is 4.25. The van der Waals surface area contributed by atoms with Crippen LogP contribution in [0.15, 0.2) is 30.3 Å². The highest BCUT2D eigenvalue weighted by Gasteiger charge is 2.23. The van der Waals surface area contributed by atoms with E-state index in [0.29, 0.717) is 11.4 Å². The molecule has 0 saturated carbocycles. The third kappa shape index (κ3) is 2.62. The van der Waals surface area contributed by atoms with Gasteiger partial charge in [0.2, 0.25) is 0 Å². The number of hydrogen-bond donors (Lipinski definition) is 1. The number of nitrogens with zero attached hydrogens (tertiary/aromatic N) is 1. The van der Waals surface area contributed by atoms with Crippen LogP contribution in [0.2, 0.25) is 0 Å². The number of nitriles is 1. The Morgan fingerprint density at radius 3 is 2.43 bits per heavy atom. The summed E-state index contributed by atoms with van der Waals surface area (Å²) in [7, 11) is 0. The fourth-order valence-electron chi connectivity index (χ4n) is 3.22. The van der Waals surface area contributed by atoms with Gasteiger partial charge in [0, 0.05) is 17.5 Å². The third-order valence-electron chi connectivity index (χ3n) is 4.25. The molecule has 1 aliphatic carbocycles. The number of aromatic nitrogens is 1. The number of rotatable bonds is 1. The molecule has 106 valence electrons. The fraction of sp³-hybridized carbons (Fsp3) is 0.333. The topological polar surface area (TPSA) is 64.0 Å². The van der Waals surface area contributed by atoms with E-state index in [1.165, 1.54) is 36.9 Å². The minimum Gasteiger partial charge on any atom is -0.286 e. The molecule has 1 heterocycles. The van der Waals surface area contributed by atoms with Gasteiger partial charge in [-0.3, -0.25) is 5.73 Å². The lowest BCUT2D eigenvalue weighted by atomic mass is 9.88. The van der Waals surface area contributed by atoms with Crippen molar-refractivity contribution in [2.45, 2.75) is 38.5 Å². The Morgan fingerprint density at radius 1 is 1.00 bits per heavy atom. The van der Waals surface area contributed by atoms with Crippen LogP contribution in [-0.2, 0) is 12.8 Å². The van der Waals surface area contributed by atoms with Crippen LogP contribution in [0.25, 0.3) is 11.1 Å². The monoisotopic (exact) mass is 278 g/mol. The molecule has 0 fully saturated rings. The van der Waals surface area contributed by atoms with Gasteiger partial charge in [-0.15, -0.1) is 0 Å². The van der Waals surface area contributed by atoms with Crippen molar-refractivity contribution in [3.8, 4) is 17.2 Å². The molecule has 3 heteroatoms. The zero-order chi connectivity index (χ0) is 14.7. The predicted octanol–water partition coefficient (Wildman–Crippen LogP) is 3.28. The average molecular weight is 278 g/mol. The number of nitrogens with one attached hydrogen (secondary N) is 1. The number of nitrogen functional groups attached to an aromatic ring is 1. The van der Waals surface area contributed by atoms with Crippen LogP contribution in [0.1, 0.15) is 42.5 Å². The van der Waals surface area contributed by atoms with Crippen LogP contribution in [0.5, 0.6) is 0 Å². The predicted molar refractivity (Wildman–Crippen MR) is 83.4 cm³/mol. The molecule has 1 aromatic carbocycles. The van der Waals surface area contributed by atoms with Gasteiger partial charge < -0.3 is 0 Å². The summed E-state index contributed by atoms with van der Waals surface area (Å²) < 4.78 is 0. The maximum Gasteiger partial charge on any atom is 0.289 e. The van der Waals surface area contributed by atoms with E-state index in [2.05, 4.69) is 23.2 Å². The van der Waals surface area contributed by atoms with Gasteiger partial charge in [0.1, 0.15) is 17.3 Å². The van der Waals surface area contributed by atoms with Gasteiger partial charge in [-0.1, -0.05) is 43.2 Å². The summed E-state index contributed by atoms with van der Waals surface area (Å²) in [6.07, 6.45) is 6.93. The van der Waals surface area contributed by atoms with Crippen molar-refractivity contribution in [1.29, 1.82) is 5.26 Å². The molecule has 3 N–H and O–H groups in total. The maximum atomic E-state index is 9.54. The summed E-state index contributed by atoms with van der Waals surface area (Å²) in [5, 5.41) is 9.54. The van der Waals surface area contributed by atoms with Crippen molar-refractivity contribution in [3.63, 3.8) is 0 Å². The largest absolute Gasteiger partial charge is 0.289 e. The molecule has 3 rings (SSSR count). The van der Waals surface area contributed by atoms with Gasteiger partial charge in [-0.05, 0) is 24.8 Å². The molecule has 3 nitrogen and oxygen atoms in total. The molecule has 0 spiro atoms. The summed E-state index contributed by atoms with van der Waals surface area (Å²) in [4.78, 5) is 3.28. The van der Waals surface area contributed by atoms with E-state index >= 15 is 0 Å². The van der Waals surface area contributed by atoms with E-state index in [1.807, 2.05) is 18.2 Å². The first-order valence-electron chi connectivity index (χ1n) is 7.63. The van der Waals surface area contributed by atoms with Crippen LogP contribution in [0, 0.1) is 11.3 Å². The molecular formula is C18H20N3+. The second kappa shape index (κ2) is 5.97. The summed E-state index contributed by atoms with van der Waals surface area (Å²) >= 11 is 0. The Bertz CT molecular complexity index is 684. The highest BCUT2D eigenvalue weighted by molar-refractivity contribution is 5.77. The van der Waals surface area contributed by atoms with Crippen molar-refractivity contribution in [2.75, 3.05) is 5.73 Å². The Kier molecular flexibility index (Phi) is 3.87. The molecule has 0 atom stereocenters. The molecule has 0 unspecified atom stereocenters. The molecule has 1 aromatic heterocycles. The molecule has 0 saturated heterocycles. The number of fused-ring (bicyclic) bond motifs is 1. The molecule has 1 aliphatic rings. The Balaban J connectivity index is 2.26. The van der Waals surface area contributed by atoms with Gasteiger partial charge in [0.15, 0.2) is 0 Å². The second-order valence-corrected chi connectivity index (χ2v) is 5.64.